The molecule has 2 unspecified atom stereocenters. The number of carbonyl (C=O) groups is 1. The molecule has 0 aliphatic carbocycles. The van der Waals surface area contributed by atoms with Gasteiger partial charge in [-0.05, 0) is 19.1 Å². The highest BCUT2D eigenvalue weighted by Crippen LogP contribution is 2.36. The number of hydrogen-bond donors (Lipinski definition) is 0. The van der Waals surface area contributed by atoms with Crippen molar-refractivity contribution < 1.29 is 19.0 Å². The monoisotopic (exact) mass is 232 g/mol. The third kappa shape index (κ3) is 2.18. The summed E-state index contributed by atoms with van der Waals surface area (Å²) in [5, 5.41) is 0. The quantitative estimate of drug-likeness (QED) is 0.509. The summed E-state index contributed by atoms with van der Waals surface area (Å²) >= 11 is 0. The van der Waals surface area contributed by atoms with Gasteiger partial charge in [-0.25, -0.2) is 0 Å². The highest BCUT2D eigenvalue weighted by atomic mass is 16.7. The molecule has 0 bridgehead atoms. The molecule has 0 fully saturated rings. The molecule has 2 aliphatic rings. The molecule has 0 aromatic rings. The van der Waals surface area contributed by atoms with E-state index in [-0.39, 0.29) is 5.97 Å². The molecule has 2 heterocycles. The lowest BCUT2D eigenvalue weighted by Gasteiger charge is -2.27. The highest BCUT2D eigenvalue weighted by Gasteiger charge is 2.48. The topological polar surface area (TPSA) is 44.8 Å². The van der Waals surface area contributed by atoms with E-state index in [2.05, 4.69) is 11.8 Å². The van der Waals surface area contributed by atoms with Crippen LogP contribution in [0.1, 0.15) is 13.8 Å². The third-order valence-corrected chi connectivity index (χ3v) is 2.31. The van der Waals surface area contributed by atoms with Gasteiger partial charge in [-0.3, -0.25) is 4.79 Å². The van der Waals surface area contributed by atoms with E-state index in [1.807, 2.05) is 0 Å². The fourth-order valence-corrected chi connectivity index (χ4v) is 1.61. The number of allylic oxidation sites excluding steroid dienone is 2. The fourth-order valence-electron chi connectivity index (χ4n) is 1.61. The van der Waals surface area contributed by atoms with E-state index in [0.717, 1.165) is 0 Å². The van der Waals surface area contributed by atoms with Crippen LogP contribution in [0, 0.1) is 11.8 Å². The van der Waals surface area contributed by atoms with Crippen molar-refractivity contribution in [2.24, 2.45) is 0 Å². The Labute approximate surface area is 99.5 Å². The summed E-state index contributed by atoms with van der Waals surface area (Å²) in [6.07, 6.45) is 7.62. The minimum Gasteiger partial charge on any atom is -0.453 e. The molecule has 4 heteroatoms. The Morgan fingerprint density at radius 1 is 1.65 bits per heavy atom. The van der Waals surface area contributed by atoms with Crippen LogP contribution < -0.4 is 0 Å². The van der Waals surface area contributed by atoms with E-state index < -0.39 is 11.9 Å². The molecule has 2 rings (SSSR count). The van der Waals surface area contributed by atoms with Crippen molar-refractivity contribution in [1.29, 1.82) is 0 Å². The maximum absolute atomic E-state index is 11.0. The Bertz CT molecular complexity index is 475. The lowest BCUT2D eigenvalue weighted by Crippen LogP contribution is -2.40. The van der Waals surface area contributed by atoms with Crippen molar-refractivity contribution in [3.63, 3.8) is 0 Å². The second kappa shape index (κ2) is 4.38. The number of rotatable bonds is 1. The van der Waals surface area contributed by atoms with E-state index in [1.165, 1.54) is 13.2 Å². The van der Waals surface area contributed by atoms with Gasteiger partial charge < -0.3 is 14.2 Å². The SMILES string of the molecule is CC#C/C=C1\C=CC2(OC=CC2OC(C)=O)O1. The molecule has 0 radical (unpaired) electrons. The number of ether oxygens (including phenoxy) is 3. The lowest BCUT2D eigenvalue weighted by molar-refractivity contribution is -0.189. The Morgan fingerprint density at radius 3 is 3.18 bits per heavy atom. The van der Waals surface area contributed by atoms with E-state index in [4.69, 9.17) is 14.2 Å². The Morgan fingerprint density at radius 2 is 2.47 bits per heavy atom. The van der Waals surface area contributed by atoms with Gasteiger partial charge in [0.2, 0.25) is 6.10 Å². The van der Waals surface area contributed by atoms with E-state index >= 15 is 0 Å². The minimum atomic E-state index is -1.06. The minimum absolute atomic E-state index is 0.382. The Hall–Kier alpha value is -2.15. The predicted octanol–water partition coefficient (Wildman–Crippen LogP) is 1.65. The van der Waals surface area contributed by atoms with Crippen LogP contribution in [0.4, 0.5) is 0 Å². The smallest absolute Gasteiger partial charge is 0.312 e. The molecule has 0 aromatic carbocycles. The Balaban J connectivity index is 2.14. The summed E-state index contributed by atoms with van der Waals surface area (Å²) in [5.74, 6) is 4.65. The standard InChI is InChI=1S/C13H12O4/c1-3-4-5-11-6-8-13(17-11)12(7-9-15-13)16-10(2)14/h5-9,12H,1-2H3/b11-5+. The van der Waals surface area contributed by atoms with Gasteiger partial charge >= 0.3 is 11.8 Å². The summed E-state index contributed by atoms with van der Waals surface area (Å²) in [5.41, 5.74) is 0. The molecule has 4 nitrogen and oxygen atoms in total. The molecule has 17 heavy (non-hydrogen) atoms. The number of carbonyl (C=O) groups excluding carboxylic acids is 1. The average Bonchev–Trinajstić information content (AvgIpc) is 2.85. The Kier molecular flexibility index (Phi) is 2.92. The van der Waals surface area contributed by atoms with Crippen LogP contribution in [0.3, 0.4) is 0 Å². The second-order valence-corrected chi connectivity index (χ2v) is 3.57. The van der Waals surface area contributed by atoms with E-state index in [1.54, 1.807) is 31.2 Å². The lowest BCUT2D eigenvalue weighted by atomic mass is 10.1. The zero-order chi connectivity index (χ0) is 12.3. The number of esters is 1. The first kappa shape index (κ1) is 11.3. The van der Waals surface area contributed by atoms with Crippen molar-refractivity contribution in [2.45, 2.75) is 25.7 Å². The van der Waals surface area contributed by atoms with Gasteiger partial charge in [0.1, 0.15) is 5.76 Å². The predicted molar refractivity (Wildman–Crippen MR) is 60.3 cm³/mol. The van der Waals surface area contributed by atoms with E-state index in [0.29, 0.717) is 5.76 Å². The zero-order valence-corrected chi connectivity index (χ0v) is 9.60. The fraction of sp³-hybridized carbons (Fsp3) is 0.308. The molecule has 0 N–H and O–H groups in total. The first-order valence-corrected chi connectivity index (χ1v) is 5.19. The van der Waals surface area contributed by atoms with Gasteiger partial charge in [-0.15, -0.1) is 5.92 Å². The van der Waals surface area contributed by atoms with Crippen molar-refractivity contribution >= 4 is 5.97 Å². The molecule has 1 spiro atoms. The molecule has 2 atom stereocenters. The van der Waals surface area contributed by atoms with Gasteiger partial charge in [0.25, 0.3) is 0 Å². The van der Waals surface area contributed by atoms with Crippen LogP contribution in [0.25, 0.3) is 0 Å². The maximum Gasteiger partial charge on any atom is 0.312 e. The molecule has 0 saturated carbocycles. The van der Waals surface area contributed by atoms with Crippen molar-refractivity contribution in [3.05, 3.63) is 36.3 Å². The first-order chi connectivity index (χ1) is 8.16. The summed E-state index contributed by atoms with van der Waals surface area (Å²) in [4.78, 5) is 11.0. The molecular formula is C13H12O4. The van der Waals surface area contributed by atoms with Crippen molar-refractivity contribution in [3.8, 4) is 11.8 Å². The van der Waals surface area contributed by atoms with Gasteiger partial charge in [0.15, 0.2) is 0 Å². The van der Waals surface area contributed by atoms with Crippen molar-refractivity contribution in [2.75, 3.05) is 0 Å². The van der Waals surface area contributed by atoms with Crippen molar-refractivity contribution in [1.82, 2.24) is 0 Å². The highest BCUT2D eigenvalue weighted by molar-refractivity contribution is 5.66. The first-order valence-electron chi connectivity index (χ1n) is 5.19. The van der Waals surface area contributed by atoms with E-state index in [9.17, 15) is 4.79 Å². The van der Waals surface area contributed by atoms with Crippen LogP contribution in [-0.4, -0.2) is 17.9 Å². The maximum atomic E-state index is 11.0. The normalized spacial score (nSPS) is 30.9. The third-order valence-electron chi connectivity index (χ3n) is 2.31. The number of hydrogen-bond acceptors (Lipinski definition) is 4. The second-order valence-electron chi connectivity index (χ2n) is 3.57. The zero-order valence-electron chi connectivity index (χ0n) is 9.60. The van der Waals surface area contributed by atoms with Crippen LogP contribution in [0.2, 0.25) is 0 Å². The van der Waals surface area contributed by atoms with Crippen LogP contribution in [0.5, 0.6) is 0 Å². The molecule has 0 aromatic heterocycles. The molecule has 0 saturated heterocycles. The van der Waals surface area contributed by atoms with Gasteiger partial charge in [-0.2, -0.15) is 0 Å². The molecule has 2 aliphatic heterocycles. The summed E-state index contributed by atoms with van der Waals surface area (Å²) in [7, 11) is 0. The van der Waals surface area contributed by atoms with Gasteiger partial charge in [0.05, 0.1) is 6.26 Å². The van der Waals surface area contributed by atoms with Gasteiger partial charge in [0, 0.05) is 19.1 Å². The van der Waals surface area contributed by atoms with Crippen LogP contribution in [0.15, 0.2) is 36.3 Å². The molecule has 88 valence electrons. The molecular weight excluding hydrogens is 220 g/mol. The molecule has 0 amide bonds. The summed E-state index contributed by atoms with van der Waals surface area (Å²) in [6, 6.07) is 0. The largest absolute Gasteiger partial charge is 0.453 e. The van der Waals surface area contributed by atoms with Gasteiger partial charge in [-0.1, -0.05) is 5.92 Å². The summed E-state index contributed by atoms with van der Waals surface area (Å²) in [6.45, 7) is 3.08. The van der Waals surface area contributed by atoms with Crippen LogP contribution in [-0.2, 0) is 19.0 Å². The van der Waals surface area contributed by atoms with Crippen LogP contribution >= 0.6 is 0 Å². The average molecular weight is 232 g/mol. The summed E-state index contributed by atoms with van der Waals surface area (Å²) < 4.78 is 16.1.